The van der Waals surface area contributed by atoms with Crippen molar-refractivity contribution in [2.24, 2.45) is 11.1 Å². The topological polar surface area (TPSA) is 86.5 Å². The van der Waals surface area contributed by atoms with Gasteiger partial charge in [0, 0.05) is 5.92 Å². The molecule has 0 unspecified atom stereocenters. The molecule has 0 aromatic heterocycles. The van der Waals surface area contributed by atoms with Crippen LogP contribution in [0.1, 0.15) is 24.2 Å². The Morgan fingerprint density at radius 1 is 1.39 bits per heavy atom. The van der Waals surface area contributed by atoms with Crippen molar-refractivity contribution in [1.29, 1.82) is 0 Å². The molecule has 0 aliphatic heterocycles. The van der Waals surface area contributed by atoms with E-state index in [1.54, 1.807) is 13.8 Å². The van der Waals surface area contributed by atoms with E-state index in [2.05, 4.69) is 0 Å². The normalized spacial score (nSPS) is 11.7. The van der Waals surface area contributed by atoms with Crippen LogP contribution in [0.15, 0.2) is 17.0 Å². The van der Waals surface area contributed by atoms with Gasteiger partial charge in [-0.3, -0.25) is 4.79 Å². The van der Waals surface area contributed by atoms with Gasteiger partial charge in [-0.25, -0.2) is 13.6 Å². The van der Waals surface area contributed by atoms with E-state index in [1.807, 2.05) is 0 Å². The number of hydrogen-bond acceptors (Lipinski definition) is 4. The van der Waals surface area contributed by atoms with Crippen molar-refractivity contribution in [2.75, 3.05) is 7.11 Å². The number of Topliss-reactive ketones (excluding diaryl/α,β-unsaturated/α-hetero) is 1. The van der Waals surface area contributed by atoms with Crippen LogP contribution in [-0.2, 0) is 10.0 Å². The molecule has 0 heterocycles. The first-order valence-electron chi connectivity index (χ1n) is 5.13. The summed E-state index contributed by atoms with van der Waals surface area (Å²) < 4.78 is 28.1. The predicted molar refractivity (Wildman–Crippen MR) is 68.5 cm³/mol. The largest absolute Gasteiger partial charge is 0.495 e. The molecular weight excluding hydrogens is 278 g/mol. The van der Waals surface area contributed by atoms with E-state index in [0.29, 0.717) is 0 Å². The maximum Gasteiger partial charge on any atom is 0.242 e. The summed E-state index contributed by atoms with van der Waals surface area (Å²) in [5.41, 5.74) is -0.117. The fourth-order valence-electron chi connectivity index (χ4n) is 1.50. The Bertz CT molecular complexity index is 581. The van der Waals surface area contributed by atoms with Gasteiger partial charge in [-0.1, -0.05) is 25.4 Å². The van der Waals surface area contributed by atoms with Gasteiger partial charge in [0.1, 0.15) is 10.6 Å². The molecule has 0 atom stereocenters. The van der Waals surface area contributed by atoms with E-state index in [9.17, 15) is 13.2 Å². The van der Waals surface area contributed by atoms with Crippen LogP contribution < -0.4 is 9.88 Å². The van der Waals surface area contributed by atoms with Gasteiger partial charge in [-0.15, -0.1) is 0 Å². The molecule has 1 aromatic carbocycles. The number of benzene rings is 1. The van der Waals surface area contributed by atoms with Crippen LogP contribution in [0.25, 0.3) is 0 Å². The number of hydrogen-bond donors (Lipinski definition) is 1. The average molecular weight is 292 g/mol. The number of carbonyl (C=O) groups excluding carboxylic acids is 1. The predicted octanol–water partition coefficient (Wildman–Crippen LogP) is 1.83. The standard InChI is InChI=1S/C11H14ClNO4S/c1-6(2)10(14)9-7(12)4-5-8(17-3)11(9)18(13,15)16/h4-6H,1-3H3,(H2,13,15,16). The lowest BCUT2D eigenvalue weighted by Crippen LogP contribution is -2.20. The van der Waals surface area contributed by atoms with Crippen molar-refractivity contribution in [2.45, 2.75) is 18.7 Å². The maximum atomic E-state index is 12.0. The third-order valence-electron chi connectivity index (χ3n) is 2.35. The third kappa shape index (κ3) is 2.82. The SMILES string of the molecule is COc1ccc(Cl)c(C(=O)C(C)C)c1S(N)(=O)=O. The van der Waals surface area contributed by atoms with Crippen molar-refractivity contribution >= 4 is 27.4 Å². The minimum absolute atomic E-state index is 0.00546. The van der Waals surface area contributed by atoms with Gasteiger partial charge in [0.05, 0.1) is 17.7 Å². The molecule has 100 valence electrons. The van der Waals surface area contributed by atoms with Crippen molar-refractivity contribution in [1.82, 2.24) is 0 Å². The highest BCUT2D eigenvalue weighted by atomic mass is 35.5. The van der Waals surface area contributed by atoms with Gasteiger partial charge in [-0.2, -0.15) is 0 Å². The molecule has 5 nitrogen and oxygen atoms in total. The van der Waals surface area contributed by atoms with Gasteiger partial charge < -0.3 is 4.74 Å². The lowest BCUT2D eigenvalue weighted by molar-refractivity contribution is 0.0935. The molecule has 0 aliphatic rings. The van der Waals surface area contributed by atoms with Crippen LogP contribution in [-0.4, -0.2) is 21.3 Å². The molecule has 0 amide bonds. The smallest absolute Gasteiger partial charge is 0.242 e. The lowest BCUT2D eigenvalue weighted by Gasteiger charge is -2.14. The number of sulfonamides is 1. The van der Waals surface area contributed by atoms with Gasteiger partial charge in [0.15, 0.2) is 5.78 Å². The average Bonchev–Trinajstić information content (AvgIpc) is 2.26. The highest BCUT2D eigenvalue weighted by Gasteiger charge is 2.28. The number of ether oxygens (including phenoxy) is 1. The summed E-state index contributed by atoms with van der Waals surface area (Å²) in [4.78, 5) is 11.7. The maximum absolute atomic E-state index is 12.0. The molecule has 18 heavy (non-hydrogen) atoms. The summed E-state index contributed by atoms with van der Waals surface area (Å²) in [5, 5.41) is 5.16. The molecule has 0 saturated heterocycles. The Morgan fingerprint density at radius 3 is 2.33 bits per heavy atom. The monoisotopic (exact) mass is 291 g/mol. The fraction of sp³-hybridized carbons (Fsp3) is 0.364. The zero-order valence-electron chi connectivity index (χ0n) is 10.2. The Kier molecular flexibility index (Phi) is 4.37. The van der Waals surface area contributed by atoms with Crippen LogP contribution in [0, 0.1) is 5.92 Å². The van der Waals surface area contributed by atoms with E-state index in [4.69, 9.17) is 21.5 Å². The summed E-state index contributed by atoms with van der Waals surface area (Å²) in [6, 6.07) is 2.77. The molecule has 0 fully saturated rings. The van der Waals surface area contributed by atoms with E-state index < -0.39 is 21.7 Å². The Hall–Kier alpha value is -1.11. The van der Waals surface area contributed by atoms with Crippen molar-refractivity contribution in [3.8, 4) is 5.75 Å². The zero-order valence-corrected chi connectivity index (χ0v) is 11.8. The number of halogens is 1. The van der Waals surface area contributed by atoms with E-state index in [1.165, 1.54) is 19.2 Å². The van der Waals surface area contributed by atoms with Crippen molar-refractivity contribution < 1.29 is 17.9 Å². The second-order valence-corrected chi connectivity index (χ2v) is 5.92. The first-order chi connectivity index (χ1) is 8.20. The van der Waals surface area contributed by atoms with Gasteiger partial charge in [0.2, 0.25) is 10.0 Å². The van der Waals surface area contributed by atoms with E-state index >= 15 is 0 Å². The van der Waals surface area contributed by atoms with Gasteiger partial charge in [-0.05, 0) is 12.1 Å². The second kappa shape index (κ2) is 5.26. The minimum atomic E-state index is -4.11. The highest BCUT2D eigenvalue weighted by molar-refractivity contribution is 7.89. The first kappa shape index (κ1) is 14.9. The summed E-state index contributed by atoms with van der Waals surface area (Å²) in [6.07, 6.45) is 0. The molecular formula is C11H14ClNO4S. The summed E-state index contributed by atoms with van der Waals surface area (Å²) >= 11 is 5.91. The second-order valence-electron chi connectivity index (χ2n) is 4.02. The summed E-state index contributed by atoms with van der Waals surface area (Å²) in [7, 11) is -2.81. The highest BCUT2D eigenvalue weighted by Crippen LogP contribution is 2.33. The number of methoxy groups -OCH3 is 1. The van der Waals surface area contributed by atoms with Gasteiger partial charge in [0.25, 0.3) is 0 Å². The molecule has 0 saturated carbocycles. The van der Waals surface area contributed by atoms with Crippen molar-refractivity contribution in [3.05, 3.63) is 22.7 Å². The van der Waals surface area contributed by atoms with Crippen LogP contribution in [0.2, 0.25) is 5.02 Å². The van der Waals surface area contributed by atoms with Crippen LogP contribution in [0.3, 0.4) is 0 Å². The number of rotatable bonds is 4. The van der Waals surface area contributed by atoms with E-state index in [-0.39, 0.29) is 21.2 Å². The summed E-state index contributed by atoms with van der Waals surface area (Å²) in [5.74, 6) is -0.802. The minimum Gasteiger partial charge on any atom is -0.495 e. The van der Waals surface area contributed by atoms with Crippen LogP contribution in [0.4, 0.5) is 0 Å². The molecule has 0 spiro atoms. The third-order valence-corrected chi connectivity index (χ3v) is 3.64. The molecule has 0 bridgehead atoms. The van der Waals surface area contributed by atoms with Crippen LogP contribution in [0.5, 0.6) is 5.75 Å². The molecule has 7 heteroatoms. The molecule has 2 N–H and O–H groups in total. The zero-order chi connectivity index (χ0) is 14.1. The number of nitrogens with two attached hydrogens (primary N) is 1. The Morgan fingerprint density at radius 2 is 1.94 bits per heavy atom. The molecule has 0 aliphatic carbocycles. The van der Waals surface area contributed by atoms with E-state index in [0.717, 1.165) is 0 Å². The Labute approximate surface area is 111 Å². The van der Waals surface area contributed by atoms with Gasteiger partial charge >= 0.3 is 0 Å². The number of carbonyl (C=O) groups is 1. The Balaban J connectivity index is 3.73. The van der Waals surface area contributed by atoms with Crippen LogP contribution >= 0.6 is 11.6 Å². The number of ketones is 1. The quantitative estimate of drug-likeness (QED) is 0.858. The summed E-state index contributed by atoms with van der Waals surface area (Å²) in [6.45, 7) is 3.29. The molecule has 0 radical (unpaired) electrons. The fourth-order valence-corrected chi connectivity index (χ4v) is 2.73. The lowest BCUT2D eigenvalue weighted by atomic mass is 10.0. The molecule has 1 aromatic rings. The van der Waals surface area contributed by atoms with Crippen molar-refractivity contribution in [3.63, 3.8) is 0 Å². The first-order valence-corrected chi connectivity index (χ1v) is 7.06. The molecule has 1 rings (SSSR count). The number of primary sulfonamides is 1.